The van der Waals surface area contributed by atoms with E-state index < -0.39 is 11.9 Å². The summed E-state index contributed by atoms with van der Waals surface area (Å²) in [4.78, 5) is 35.7. The molecule has 0 aromatic heterocycles. The van der Waals surface area contributed by atoms with Crippen LogP contribution in [0.25, 0.3) is 0 Å². The van der Waals surface area contributed by atoms with E-state index in [9.17, 15) is 14.4 Å². The summed E-state index contributed by atoms with van der Waals surface area (Å²) in [5, 5.41) is 5.42. The van der Waals surface area contributed by atoms with Gasteiger partial charge in [0, 0.05) is 12.1 Å². The maximum Gasteiger partial charge on any atom is 0.337 e. The van der Waals surface area contributed by atoms with Gasteiger partial charge in [-0.2, -0.15) is 0 Å². The third-order valence-electron chi connectivity index (χ3n) is 3.77. The lowest BCUT2D eigenvalue weighted by Crippen LogP contribution is -2.34. The Hall–Kier alpha value is -3.26. The SMILES string of the molecule is COC(=O)c1cc(NC(=S)NC(=O)CCc2ccccc2)cc(C(=O)OC)c1. The first-order valence-corrected chi connectivity index (χ1v) is 8.80. The molecule has 0 saturated carbocycles. The fourth-order valence-electron chi connectivity index (χ4n) is 2.43. The average molecular weight is 400 g/mol. The van der Waals surface area contributed by atoms with Gasteiger partial charge in [-0.15, -0.1) is 0 Å². The molecule has 0 aliphatic carbocycles. The molecule has 0 spiro atoms. The highest BCUT2D eigenvalue weighted by atomic mass is 32.1. The molecule has 0 aliphatic heterocycles. The van der Waals surface area contributed by atoms with E-state index in [0.29, 0.717) is 12.1 Å². The Morgan fingerprint density at radius 2 is 1.50 bits per heavy atom. The van der Waals surface area contributed by atoms with Gasteiger partial charge in [0.25, 0.3) is 0 Å². The van der Waals surface area contributed by atoms with Crippen LogP contribution in [0, 0.1) is 0 Å². The molecular weight excluding hydrogens is 380 g/mol. The van der Waals surface area contributed by atoms with E-state index in [1.54, 1.807) is 0 Å². The highest BCUT2D eigenvalue weighted by Gasteiger charge is 2.15. The van der Waals surface area contributed by atoms with E-state index in [1.165, 1.54) is 32.4 Å². The summed E-state index contributed by atoms with van der Waals surface area (Å²) >= 11 is 5.14. The molecule has 0 bridgehead atoms. The molecule has 0 fully saturated rings. The van der Waals surface area contributed by atoms with Crippen LogP contribution < -0.4 is 10.6 Å². The van der Waals surface area contributed by atoms with E-state index in [1.807, 2.05) is 30.3 Å². The van der Waals surface area contributed by atoms with Crippen LogP contribution in [-0.2, 0) is 20.7 Å². The first-order valence-electron chi connectivity index (χ1n) is 8.39. The molecule has 8 heteroatoms. The summed E-state index contributed by atoms with van der Waals surface area (Å²) in [6.45, 7) is 0. The highest BCUT2D eigenvalue weighted by molar-refractivity contribution is 7.80. The van der Waals surface area contributed by atoms with Gasteiger partial charge in [-0.1, -0.05) is 30.3 Å². The molecular formula is C20H20N2O5S. The maximum atomic E-state index is 12.1. The van der Waals surface area contributed by atoms with Crippen molar-refractivity contribution in [2.45, 2.75) is 12.8 Å². The van der Waals surface area contributed by atoms with Crippen LogP contribution in [0.1, 0.15) is 32.7 Å². The molecule has 2 N–H and O–H groups in total. The molecule has 28 heavy (non-hydrogen) atoms. The van der Waals surface area contributed by atoms with Crippen LogP contribution in [0.3, 0.4) is 0 Å². The molecule has 0 radical (unpaired) electrons. The molecule has 0 unspecified atom stereocenters. The molecule has 2 aromatic rings. The number of hydrogen-bond acceptors (Lipinski definition) is 6. The van der Waals surface area contributed by atoms with Gasteiger partial charge in [-0.05, 0) is 42.4 Å². The topological polar surface area (TPSA) is 93.7 Å². The van der Waals surface area contributed by atoms with Crippen molar-refractivity contribution in [3.63, 3.8) is 0 Å². The maximum absolute atomic E-state index is 12.1. The minimum Gasteiger partial charge on any atom is -0.465 e. The summed E-state index contributed by atoms with van der Waals surface area (Å²) in [6, 6.07) is 13.9. The molecule has 0 saturated heterocycles. The summed E-state index contributed by atoms with van der Waals surface area (Å²) in [6.07, 6.45) is 0.848. The fourth-order valence-corrected chi connectivity index (χ4v) is 2.66. The summed E-state index contributed by atoms with van der Waals surface area (Å²) in [5.41, 5.74) is 1.68. The zero-order valence-electron chi connectivity index (χ0n) is 15.5. The number of hydrogen-bond donors (Lipinski definition) is 2. The van der Waals surface area contributed by atoms with Crippen molar-refractivity contribution in [3.8, 4) is 0 Å². The zero-order valence-corrected chi connectivity index (χ0v) is 16.3. The molecule has 0 aliphatic rings. The number of rotatable bonds is 6. The van der Waals surface area contributed by atoms with Gasteiger partial charge in [-0.3, -0.25) is 4.79 Å². The number of benzene rings is 2. The summed E-state index contributed by atoms with van der Waals surface area (Å²) in [7, 11) is 2.47. The Morgan fingerprint density at radius 1 is 0.929 bits per heavy atom. The van der Waals surface area contributed by atoms with Crippen LogP contribution in [0.5, 0.6) is 0 Å². The predicted octanol–water partition coefficient (Wildman–Crippen LogP) is 2.71. The normalized spacial score (nSPS) is 9.93. The van der Waals surface area contributed by atoms with Crippen LogP contribution in [-0.4, -0.2) is 37.2 Å². The quantitative estimate of drug-likeness (QED) is 0.569. The van der Waals surface area contributed by atoms with Crippen LogP contribution in [0.15, 0.2) is 48.5 Å². The Balaban J connectivity index is 2.02. The van der Waals surface area contributed by atoms with Crippen LogP contribution in [0.2, 0.25) is 0 Å². The number of esters is 2. The van der Waals surface area contributed by atoms with Crippen molar-refractivity contribution in [1.82, 2.24) is 5.32 Å². The van der Waals surface area contributed by atoms with Crippen molar-refractivity contribution < 1.29 is 23.9 Å². The number of aryl methyl sites for hydroxylation is 1. The molecule has 2 rings (SSSR count). The van der Waals surface area contributed by atoms with E-state index in [0.717, 1.165) is 5.56 Å². The second-order valence-corrected chi connectivity index (χ2v) is 6.18. The Kier molecular flexibility index (Phi) is 7.65. The summed E-state index contributed by atoms with van der Waals surface area (Å²) < 4.78 is 9.36. The lowest BCUT2D eigenvalue weighted by atomic mass is 10.1. The standard InChI is InChI=1S/C20H20N2O5S/c1-26-18(24)14-10-15(19(25)27-2)12-16(11-14)21-20(28)22-17(23)9-8-13-6-4-3-5-7-13/h3-7,10-12H,8-9H2,1-2H3,(H2,21,22,23,28). The van der Waals surface area contributed by atoms with Gasteiger partial charge < -0.3 is 20.1 Å². The van der Waals surface area contributed by atoms with E-state index in [2.05, 4.69) is 20.1 Å². The van der Waals surface area contributed by atoms with Crippen LogP contribution in [0.4, 0.5) is 5.69 Å². The monoisotopic (exact) mass is 400 g/mol. The number of ether oxygens (including phenoxy) is 2. The lowest BCUT2D eigenvalue weighted by molar-refractivity contribution is -0.119. The third-order valence-corrected chi connectivity index (χ3v) is 3.97. The second-order valence-electron chi connectivity index (χ2n) is 5.77. The third kappa shape index (κ3) is 6.17. The first kappa shape index (κ1) is 21.0. The largest absolute Gasteiger partial charge is 0.465 e. The first-order chi connectivity index (χ1) is 13.4. The number of thiocarbonyl (C=S) groups is 1. The summed E-state index contributed by atoms with van der Waals surface area (Å²) in [5.74, 6) is -1.49. The minimum atomic E-state index is -0.619. The number of methoxy groups -OCH3 is 2. The number of nitrogens with one attached hydrogen (secondary N) is 2. The molecule has 146 valence electrons. The van der Waals surface area contributed by atoms with Gasteiger partial charge in [-0.25, -0.2) is 9.59 Å². The van der Waals surface area contributed by atoms with Crippen molar-refractivity contribution >= 4 is 40.9 Å². The molecule has 0 heterocycles. The number of amides is 1. The number of carbonyl (C=O) groups excluding carboxylic acids is 3. The van der Waals surface area contributed by atoms with Crippen molar-refractivity contribution in [3.05, 3.63) is 65.2 Å². The average Bonchev–Trinajstić information content (AvgIpc) is 2.71. The van der Waals surface area contributed by atoms with E-state index in [-0.39, 0.29) is 28.6 Å². The number of carbonyl (C=O) groups is 3. The molecule has 1 amide bonds. The predicted molar refractivity (Wildman–Crippen MR) is 108 cm³/mol. The van der Waals surface area contributed by atoms with Gasteiger partial charge in [0.05, 0.1) is 25.3 Å². The smallest absolute Gasteiger partial charge is 0.337 e. The van der Waals surface area contributed by atoms with Crippen molar-refractivity contribution in [2.75, 3.05) is 19.5 Å². The lowest BCUT2D eigenvalue weighted by Gasteiger charge is -2.12. The minimum absolute atomic E-state index is 0.0518. The Bertz CT molecular complexity index is 849. The Morgan fingerprint density at radius 3 is 2.04 bits per heavy atom. The van der Waals surface area contributed by atoms with Gasteiger partial charge >= 0.3 is 11.9 Å². The zero-order chi connectivity index (χ0) is 20.5. The fraction of sp³-hybridized carbons (Fsp3) is 0.200. The number of anilines is 1. The second kappa shape index (κ2) is 10.2. The van der Waals surface area contributed by atoms with Gasteiger partial charge in [0.15, 0.2) is 5.11 Å². The molecule has 0 atom stereocenters. The van der Waals surface area contributed by atoms with Crippen LogP contribution >= 0.6 is 12.2 Å². The van der Waals surface area contributed by atoms with E-state index >= 15 is 0 Å². The Labute approximate surface area is 168 Å². The molecule has 2 aromatic carbocycles. The van der Waals surface area contributed by atoms with Gasteiger partial charge in [0.2, 0.25) is 5.91 Å². The molecule has 7 nitrogen and oxygen atoms in total. The van der Waals surface area contributed by atoms with Gasteiger partial charge in [0.1, 0.15) is 0 Å². The van der Waals surface area contributed by atoms with Crippen molar-refractivity contribution in [1.29, 1.82) is 0 Å². The van der Waals surface area contributed by atoms with Crippen molar-refractivity contribution in [2.24, 2.45) is 0 Å². The highest BCUT2D eigenvalue weighted by Crippen LogP contribution is 2.17. The van der Waals surface area contributed by atoms with E-state index in [4.69, 9.17) is 12.2 Å².